The van der Waals surface area contributed by atoms with E-state index in [1.54, 1.807) is 7.11 Å². The van der Waals surface area contributed by atoms with Gasteiger partial charge in [0.05, 0.1) is 18.8 Å². The smallest absolute Gasteiger partial charge is 0.182 e. The summed E-state index contributed by atoms with van der Waals surface area (Å²) >= 11 is 0. The fraction of sp³-hybridized carbons (Fsp3) is 0.417. The second-order valence-electron chi connectivity index (χ2n) is 4.68. The Balaban J connectivity index is 2.00. The van der Waals surface area contributed by atoms with E-state index >= 15 is 0 Å². The van der Waals surface area contributed by atoms with E-state index in [0.29, 0.717) is 23.4 Å². The van der Waals surface area contributed by atoms with E-state index in [1.807, 2.05) is 22.9 Å². The van der Waals surface area contributed by atoms with Crippen molar-refractivity contribution < 1.29 is 4.74 Å². The number of methoxy groups -OCH3 is 1. The van der Waals surface area contributed by atoms with E-state index in [-0.39, 0.29) is 0 Å². The average molecular weight is 245 g/mol. The van der Waals surface area contributed by atoms with Crippen molar-refractivity contribution in [2.45, 2.75) is 19.4 Å². The fourth-order valence-corrected chi connectivity index (χ4v) is 2.12. The van der Waals surface area contributed by atoms with E-state index in [9.17, 15) is 0 Å². The summed E-state index contributed by atoms with van der Waals surface area (Å²) in [6.45, 7) is 2.19. The first-order valence-electron chi connectivity index (χ1n) is 5.92. The van der Waals surface area contributed by atoms with Gasteiger partial charge < -0.3 is 10.5 Å². The molecule has 1 aromatic carbocycles. The number of ether oxygens (including phenoxy) is 1. The number of aromatic nitrogens is 4. The molecule has 1 fully saturated rings. The van der Waals surface area contributed by atoms with Gasteiger partial charge in [0, 0.05) is 5.56 Å². The quantitative estimate of drug-likeness (QED) is 0.829. The van der Waals surface area contributed by atoms with Gasteiger partial charge in [-0.05, 0) is 41.0 Å². The number of tetrazole rings is 1. The van der Waals surface area contributed by atoms with Crippen LogP contribution in [0.2, 0.25) is 0 Å². The van der Waals surface area contributed by atoms with Crippen LogP contribution >= 0.6 is 0 Å². The molecule has 6 nitrogen and oxygen atoms in total. The van der Waals surface area contributed by atoms with Gasteiger partial charge in [0.25, 0.3) is 0 Å². The molecule has 0 bridgehead atoms. The highest BCUT2D eigenvalue weighted by Gasteiger charge is 2.37. The van der Waals surface area contributed by atoms with E-state index in [1.165, 1.54) is 0 Å². The highest BCUT2D eigenvalue weighted by atomic mass is 16.5. The summed E-state index contributed by atoms with van der Waals surface area (Å²) in [6.07, 6.45) is 1.13. The number of hydrogen-bond acceptors (Lipinski definition) is 5. The maximum atomic E-state index is 5.90. The van der Waals surface area contributed by atoms with Crippen LogP contribution in [0.25, 0.3) is 11.4 Å². The van der Waals surface area contributed by atoms with Crippen molar-refractivity contribution in [1.29, 1.82) is 0 Å². The first kappa shape index (κ1) is 11.0. The SMILES string of the molecule is COc1ccc(-c2nnnn2C2CC2C)cc1N. The van der Waals surface area contributed by atoms with Crippen LogP contribution in [0.3, 0.4) is 0 Å². The molecule has 1 aromatic heterocycles. The van der Waals surface area contributed by atoms with E-state index in [2.05, 4.69) is 22.4 Å². The lowest BCUT2D eigenvalue weighted by molar-refractivity contribution is 0.417. The van der Waals surface area contributed by atoms with Gasteiger partial charge in [-0.1, -0.05) is 6.92 Å². The second kappa shape index (κ2) is 3.97. The zero-order valence-corrected chi connectivity index (χ0v) is 10.4. The summed E-state index contributed by atoms with van der Waals surface area (Å²) in [7, 11) is 1.60. The van der Waals surface area contributed by atoms with Gasteiger partial charge in [-0.3, -0.25) is 0 Å². The first-order valence-corrected chi connectivity index (χ1v) is 5.92. The van der Waals surface area contributed by atoms with Crippen LogP contribution in [0.1, 0.15) is 19.4 Å². The molecule has 18 heavy (non-hydrogen) atoms. The predicted octanol–water partition coefficient (Wildman–Crippen LogP) is 1.51. The Morgan fingerprint density at radius 1 is 1.44 bits per heavy atom. The van der Waals surface area contributed by atoms with Gasteiger partial charge >= 0.3 is 0 Å². The highest BCUT2D eigenvalue weighted by Crippen LogP contribution is 2.43. The maximum absolute atomic E-state index is 5.90. The molecule has 1 heterocycles. The van der Waals surface area contributed by atoms with Gasteiger partial charge in [-0.25, -0.2) is 4.68 Å². The van der Waals surface area contributed by atoms with Gasteiger partial charge in [0.2, 0.25) is 0 Å². The van der Waals surface area contributed by atoms with Gasteiger partial charge in [-0.2, -0.15) is 0 Å². The minimum atomic E-state index is 0.415. The molecule has 3 rings (SSSR count). The van der Waals surface area contributed by atoms with Crippen molar-refractivity contribution in [3.8, 4) is 17.1 Å². The lowest BCUT2D eigenvalue weighted by Gasteiger charge is -2.07. The molecule has 1 aliphatic carbocycles. The van der Waals surface area contributed by atoms with Crippen LogP contribution in [0.15, 0.2) is 18.2 Å². The van der Waals surface area contributed by atoms with E-state index in [0.717, 1.165) is 17.8 Å². The van der Waals surface area contributed by atoms with Crippen molar-refractivity contribution >= 4 is 5.69 Å². The Bertz CT molecular complexity index is 580. The lowest BCUT2D eigenvalue weighted by Crippen LogP contribution is -2.02. The molecule has 0 amide bonds. The van der Waals surface area contributed by atoms with Crippen molar-refractivity contribution in [2.24, 2.45) is 5.92 Å². The number of rotatable bonds is 3. The molecule has 0 saturated heterocycles. The number of nitrogens with two attached hydrogens (primary N) is 1. The number of nitrogens with zero attached hydrogens (tertiary/aromatic N) is 4. The van der Waals surface area contributed by atoms with Crippen LogP contribution in [-0.2, 0) is 0 Å². The standard InChI is InChI=1S/C12H15N5O/c1-7-5-10(7)17-12(14-15-16-17)8-3-4-11(18-2)9(13)6-8/h3-4,6-7,10H,5,13H2,1-2H3. The number of benzene rings is 1. The normalized spacial score (nSPS) is 21.9. The number of nitrogen functional groups attached to an aromatic ring is 1. The minimum absolute atomic E-state index is 0.415. The minimum Gasteiger partial charge on any atom is -0.495 e. The van der Waals surface area contributed by atoms with Crippen molar-refractivity contribution in [3.05, 3.63) is 18.2 Å². The van der Waals surface area contributed by atoms with E-state index in [4.69, 9.17) is 10.5 Å². The lowest BCUT2D eigenvalue weighted by atomic mass is 10.1. The Morgan fingerprint density at radius 3 is 2.83 bits per heavy atom. The molecular weight excluding hydrogens is 230 g/mol. The van der Waals surface area contributed by atoms with Crippen molar-refractivity contribution in [2.75, 3.05) is 12.8 Å². The maximum Gasteiger partial charge on any atom is 0.182 e. The van der Waals surface area contributed by atoms with Crippen molar-refractivity contribution in [3.63, 3.8) is 0 Å². The Kier molecular flexibility index (Phi) is 2.43. The number of hydrogen-bond donors (Lipinski definition) is 1. The third-order valence-corrected chi connectivity index (χ3v) is 3.36. The molecule has 2 atom stereocenters. The molecule has 1 aliphatic rings. The molecule has 0 spiro atoms. The van der Waals surface area contributed by atoms with E-state index < -0.39 is 0 Å². The predicted molar refractivity (Wildman–Crippen MR) is 67.0 cm³/mol. The zero-order chi connectivity index (χ0) is 12.7. The monoisotopic (exact) mass is 245 g/mol. The molecule has 2 N–H and O–H groups in total. The van der Waals surface area contributed by atoms with Crippen LogP contribution in [0, 0.1) is 5.92 Å². The van der Waals surface area contributed by atoms with Gasteiger partial charge in [-0.15, -0.1) is 5.10 Å². The van der Waals surface area contributed by atoms with Crippen LogP contribution in [0.5, 0.6) is 5.75 Å². The molecule has 94 valence electrons. The first-order chi connectivity index (χ1) is 8.70. The summed E-state index contributed by atoms with van der Waals surface area (Å²) in [5, 5.41) is 11.9. The molecule has 0 radical (unpaired) electrons. The van der Waals surface area contributed by atoms with Gasteiger partial charge in [0.1, 0.15) is 5.75 Å². The summed E-state index contributed by atoms with van der Waals surface area (Å²) in [6, 6.07) is 6.01. The van der Waals surface area contributed by atoms with Crippen molar-refractivity contribution in [1.82, 2.24) is 20.2 Å². The zero-order valence-electron chi connectivity index (χ0n) is 10.4. The van der Waals surface area contributed by atoms with Crippen LogP contribution in [-0.4, -0.2) is 27.3 Å². The van der Waals surface area contributed by atoms with Crippen LogP contribution in [0.4, 0.5) is 5.69 Å². The molecule has 1 saturated carbocycles. The van der Waals surface area contributed by atoms with Gasteiger partial charge in [0.15, 0.2) is 5.82 Å². The molecule has 0 aliphatic heterocycles. The summed E-state index contributed by atoms with van der Waals surface area (Å²) in [5.74, 6) is 2.07. The highest BCUT2D eigenvalue weighted by molar-refractivity contribution is 5.66. The topological polar surface area (TPSA) is 78.9 Å². The summed E-state index contributed by atoms with van der Waals surface area (Å²) < 4.78 is 7.02. The van der Waals surface area contributed by atoms with Crippen LogP contribution < -0.4 is 10.5 Å². The number of anilines is 1. The molecule has 6 heteroatoms. The Morgan fingerprint density at radius 2 is 2.22 bits per heavy atom. The Labute approximate surface area is 105 Å². The Hall–Kier alpha value is -2.11. The summed E-state index contributed by atoms with van der Waals surface area (Å²) in [4.78, 5) is 0. The third-order valence-electron chi connectivity index (χ3n) is 3.36. The summed E-state index contributed by atoms with van der Waals surface area (Å²) in [5.41, 5.74) is 7.41. The molecule has 2 aromatic rings. The second-order valence-corrected chi connectivity index (χ2v) is 4.68. The molecular formula is C12H15N5O. The molecule has 2 unspecified atom stereocenters. The average Bonchev–Trinajstić information content (AvgIpc) is 2.91. The fourth-order valence-electron chi connectivity index (χ4n) is 2.12. The largest absolute Gasteiger partial charge is 0.495 e. The third kappa shape index (κ3) is 1.70.